The van der Waals surface area contributed by atoms with E-state index in [4.69, 9.17) is 4.74 Å². The van der Waals surface area contributed by atoms with E-state index in [0.717, 1.165) is 0 Å². The number of hydrogen-bond donors (Lipinski definition) is 2. The third-order valence-electron chi connectivity index (χ3n) is 2.55. The van der Waals surface area contributed by atoms with Crippen LogP contribution in [-0.2, 0) is 4.74 Å². The molecule has 0 aromatic rings. The number of hydrogen-bond acceptors (Lipinski definition) is 3. The van der Waals surface area contributed by atoms with Gasteiger partial charge in [0.2, 0.25) is 6.43 Å². The minimum absolute atomic E-state index is 0.284. The molecule has 6 heteroatoms. The number of alkyl halides is 3. The maximum absolute atomic E-state index is 12.7. The third kappa shape index (κ3) is 3.62. The van der Waals surface area contributed by atoms with E-state index < -0.39 is 31.2 Å². The van der Waals surface area contributed by atoms with Crippen LogP contribution in [0.25, 0.3) is 0 Å². The van der Waals surface area contributed by atoms with Gasteiger partial charge >= 0.3 is 0 Å². The van der Waals surface area contributed by atoms with Gasteiger partial charge in [0.15, 0.2) is 0 Å². The SMILES string of the molecule is OC(CF)(CCC(F)F)C1CNCCO1. The second kappa shape index (κ2) is 5.67. The van der Waals surface area contributed by atoms with E-state index in [1.54, 1.807) is 0 Å². The minimum atomic E-state index is -2.53. The van der Waals surface area contributed by atoms with Gasteiger partial charge in [-0.25, -0.2) is 13.2 Å². The molecule has 1 rings (SSSR count). The molecule has 2 N–H and O–H groups in total. The van der Waals surface area contributed by atoms with E-state index >= 15 is 0 Å². The van der Waals surface area contributed by atoms with Crippen molar-refractivity contribution in [3.63, 3.8) is 0 Å². The molecule has 0 amide bonds. The van der Waals surface area contributed by atoms with Crippen LogP contribution in [0.3, 0.4) is 0 Å². The second-order valence-electron chi connectivity index (χ2n) is 3.73. The molecule has 0 spiro atoms. The van der Waals surface area contributed by atoms with Gasteiger partial charge in [-0.1, -0.05) is 0 Å². The summed E-state index contributed by atoms with van der Waals surface area (Å²) in [4.78, 5) is 0. The fraction of sp³-hybridized carbons (Fsp3) is 1.00. The molecule has 0 saturated carbocycles. The van der Waals surface area contributed by atoms with Crippen molar-refractivity contribution in [2.24, 2.45) is 0 Å². The number of rotatable bonds is 5. The van der Waals surface area contributed by atoms with Gasteiger partial charge in [-0.15, -0.1) is 0 Å². The number of nitrogens with one attached hydrogen (secondary N) is 1. The molecule has 0 aromatic heterocycles. The number of morpholine rings is 1. The lowest BCUT2D eigenvalue weighted by Gasteiger charge is -2.36. The standard InChI is InChI=1S/C9H16F3NO2/c10-6-9(14,2-1-8(11)12)7-5-13-3-4-15-7/h7-8,13-14H,1-6H2. The van der Waals surface area contributed by atoms with Gasteiger partial charge in [0.25, 0.3) is 0 Å². The van der Waals surface area contributed by atoms with Crippen molar-refractivity contribution in [1.29, 1.82) is 0 Å². The molecule has 2 atom stereocenters. The first kappa shape index (κ1) is 12.7. The van der Waals surface area contributed by atoms with Crippen molar-refractivity contribution >= 4 is 0 Å². The van der Waals surface area contributed by atoms with Crippen LogP contribution in [0.2, 0.25) is 0 Å². The molecule has 1 fully saturated rings. The lowest BCUT2D eigenvalue weighted by Crippen LogP contribution is -2.54. The van der Waals surface area contributed by atoms with E-state index in [0.29, 0.717) is 19.7 Å². The summed E-state index contributed by atoms with van der Waals surface area (Å²) >= 11 is 0. The average Bonchev–Trinajstić information content (AvgIpc) is 2.27. The minimum Gasteiger partial charge on any atom is -0.384 e. The monoisotopic (exact) mass is 227 g/mol. The lowest BCUT2D eigenvalue weighted by molar-refractivity contribution is -0.136. The van der Waals surface area contributed by atoms with Crippen LogP contribution in [0.15, 0.2) is 0 Å². The van der Waals surface area contributed by atoms with Crippen molar-refractivity contribution in [1.82, 2.24) is 5.32 Å². The van der Waals surface area contributed by atoms with Crippen molar-refractivity contribution < 1.29 is 23.0 Å². The van der Waals surface area contributed by atoms with Crippen LogP contribution < -0.4 is 5.32 Å². The third-order valence-corrected chi connectivity index (χ3v) is 2.55. The summed E-state index contributed by atoms with van der Waals surface area (Å²) in [5, 5.41) is 12.7. The van der Waals surface area contributed by atoms with Crippen LogP contribution in [0, 0.1) is 0 Å². The summed E-state index contributed by atoms with van der Waals surface area (Å²) in [7, 11) is 0. The largest absolute Gasteiger partial charge is 0.384 e. The zero-order valence-corrected chi connectivity index (χ0v) is 8.39. The predicted octanol–water partition coefficient (Wildman–Crippen LogP) is 0.721. The Morgan fingerprint density at radius 3 is 2.73 bits per heavy atom. The quantitative estimate of drug-likeness (QED) is 0.727. The Labute approximate surface area is 86.6 Å². The molecule has 0 aliphatic carbocycles. The van der Waals surface area contributed by atoms with E-state index in [9.17, 15) is 18.3 Å². The molecule has 15 heavy (non-hydrogen) atoms. The summed E-state index contributed by atoms with van der Waals surface area (Å²) in [5.74, 6) is 0. The van der Waals surface area contributed by atoms with Crippen molar-refractivity contribution in [3.05, 3.63) is 0 Å². The molecule has 1 aliphatic heterocycles. The maximum Gasteiger partial charge on any atom is 0.238 e. The first-order chi connectivity index (χ1) is 7.08. The molecule has 0 radical (unpaired) electrons. The molecular formula is C9H16F3NO2. The van der Waals surface area contributed by atoms with E-state index in [2.05, 4.69) is 5.32 Å². The van der Waals surface area contributed by atoms with Gasteiger partial charge in [0.05, 0.1) is 6.61 Å². The van der Waals surface area contributed by atoms with Crippen LogP contribution >= 0.6 is 0 Å². The highest BCUT2D eigenvalue weighted by Gasteiger charge is 2.39. The molecule has 1 saturated heterocycles. The fourth-order valence-electron chi connectivity index (χ4n) is 1.58. The normalized spacial score (nSPS) is 26.6. The molecule has 3 nitrogen and oxygen atoms in total. The van der Waals surface area contributed by atoms with Gasteiger partial charge in [0, 0.05) is 19.5 Å². The van der Waals surface area contributed by atoms with Crippen LogP contribution in [0.1, 0.15) is 12.8 Å². The number of ether oxygens (including phenoxy) is 1. The van der Waals surface area contributed by atoms with Gasteiger partial charge in [-0.2, -0.15) is 0 Å². The topological polar surface area (TPSA) is 41.5 Å². The average molecular weight is 227 g/mol. The first-order valence-electron chi connectivity index (χ1n) is 4.97. The van der Waals surface area contributed by atoms with E-state index in [1.807, 2.05) is 0 Å². The highest BCUT2D eigenvalue weighted by molar-refractivity contribution is 4.90. The summed E-state index contributed by atoms with van der Waals surface area (Å²) < 4.78 is 41.8. The molecular weight excluding hydrogens is 211 g/mol. The van der Waals surface area contributed by atoms with Gasteiger partial charge in [-0.05, 0) is 6.42 Å². The molecule has 2 unspecified atom stereocenters. The van der Waals surface area contributed by atoms with Gasteiger partial charge in [-0.3, -0.25) is 0 Å². The van der Waals surface area contributed by atoms with Gasteiger partial charge in [0.1, 0.15) is 18.4 Å². The Balaban J connectivity index is 2.49. The summed E-state index contributed by atoms with van der Waals surface area (Å²) in [6.45, 7) is 0.227. The zero-order valence-electron chi connectivity index (χ0n) is 8.39. The van der Waals surface area contributed by atoms with Crippen LogP contribution in [0.4, 0.5) is 13.2 Å². The number of aliphatic hydroxyl groups is 1. The molecule has 1 aliphatic rings. The van der Waals surface area contributed by atoms with Crippen LogP contribution in [0.5, 0.6) is 0 Å². The first-order valence-corrected chi connectivity index (χ1v) is 4.97. The summed E-state index contributed by atoms with van der Waals surface area (Å²) in [6.07, 6.45) is -4.07. The molecule has 0 bridgehead atoms. The van der Waals surface area contributed by atoms with Gasteiger partial charge < -0.3 is 15.2 Å². The summed E-state index contributed by atoms with van der Waals surface area (Å²) in [6, 6.07) is 0. The zero-order chi connectivity index (χ0) is 11.3. The Bertz CT molecular complexity index is 188. The van der Waals surface area contributed by atoms with E-state index in [1.165, 1.54) is 0 Å². The Hall–Kier alpha value is -0.330. The van der Waals surface area contributed by atoms with Crippen molar-refractivity contribution in [2.45, 2.75) is 31.0 Å². The summed E-state index contributed by atoms with van der Waals surface area (Å²) in [5.41, 5.74) is -1.79. The Morgan fingerprint density at radius 2 is 2.27 bits per heavy atom. The molecule has 90 valence electrons. The molecule has 0 aromatic carbocycles. The number of halogens is 3. The lowest BCUT2D eigenvalue weighted by atomic mass is 9.91. The van der Waals surface area contributed by atoms with Crippen molar-refractivity contribution in [2.75, 3.05) is 26.4 Å². The smallest absolute Gasteiger partial charge is 0.238 e. The predicted molar refractivity (Wildman–Crippen MR) is 48.8 cm³/mol. The fourth-order valence-corrected chi connectivity index (χ4v) is 1.58. The second-order valence-corrected chi connectivity index (χ2v) is 3.73. The highest BCUT2D eigenvalue weighted by Crippen LogP contribution is 2.24. The molecule has 1 heterocycles. The maximum atomic E-state index is 12.7. The van der Waals surface area contributed by atoms with E-state index in [-0.39, 0.29) is 6.42 Å². The van der Waals surface area contributed by atoms with Crippen molar-refractivity contribution in [3.8, 4) is 0 Å². The Morgan fingerprint density at radius 1 is 1.53 bits per heavy atom. The van der Waals surface area contributed by atoms with Crippen LogP contribution in [-0.4, -0.2) is 49.6 Å². The Kier molecular flexibility index (Phi) is 4.82. The highest BCUT2D eigenvalue weighted by atomic mass is 19.3.